The van der Waals surface area contributed by atoms with Crippen molar-refractivity contribution in [1.29, 1.82) is 0 Å². The summed E-state index contributed by atoms with van der Waals surface area (Å²) in [7, 11) is -3.25. The van der Waals surface area contributed by atoms with Crippen LogP contribution in [0.25, 0.3) is 0 Å². The molecule has 1 amide bonds. The number of sulfonamides is 1. The SMILES string of the molecule is CC(C)c1ccc2c(c1)NC(=O)CN1CCN(S(C)(=O)=O)C[C@H]1CO2. The molecule has 2 aliphatic rings. The van der Waals surface area contributed by atoms with Gasteiger partial charge in [-0.05, 0) is 23.6 Å². The zero-order valence-electron chi connectivity index (χ0n) is 14.9. The third kappa shape index (κ3) is 4.13. The van der Waals surface area contributed by atoms with E-state index < -0.39 is 10.0 Å². The van der Waals surface area contributed by atoms with E-state index in [1.807, 2.05) is 23.1 Å². The fourth-order valence-electron chi connectivity index (χ4n) is 3.22. The number of amides is 1. The molecule has 0 aromatic heterocycles. The number of ether oxygens (including phenoxy) is 1. The number of hydrogen-bond donors (Lipinski definition) is 1. The van der Waals surface area contributed by atoms with E-state index in [9.17, 15) is 13.2 Å². The molecule has 3 rings (SSSR count). The van der Waals surface area contributed by atoms with Crippen molar-refractivity contribution in [3.8, 4) is 5.75 Å². The standard InChI is InChI=1S/C17H25N3O4S/c1-12(2)13-4-5-16-15(8-13)18-17(21)10-19-6-7-20(25(3,22)23)9-14(19)11-24-16/h4-5,8,12,14H,6-7,9-11H2,1-3H3,(H,18,21)/t14-/m0/s1. The van der Waals surface area contributed by atoms with Crippen molar-refractivity contribution in [2.24, 2.45) is 0 Å². The summed E-state index contributed by atoms with van der Waals surface area (Å²) in [6, 6.07) is 5.67. The zero-order valence-corrected chi connectivity index (χ0v) is 15.7. The van der Waals surface area contributed by atoms with Crippen LogP contribution in [0.15, 0.2) is 18.2 Å². The summed E-state index contributed by atoms with van der Waals surface area (Å²) in [5.41, 5.74) is 1.80. The summed E-state index contributed by atoms with van der Waals surface area (Å²) in [4.78, 5) is 14.4. The van der Waals surface area contributed by atoms with E-state index in [1.54, 1.807) is 0 Å². The second-order valence-electron chi connectivity index (χ2n) is 7.01. The lowest BCUT2D eigenvalue weighted by molar-refractivity contribution is -0.118. The number of carbonyl (C=O) groups is 1. The molecular formula is C17H25N3O4S. The Morgan fingerprint density at radius 2 is 2.04 bits per heavy atom. The summed E-state index contributed by atoms with van der Waals surface area (Å²) in [6.07, 6.45) is 1.22. The molecule has 7 nitrogen and oxygen atoms in total. The first-order valence-corrected chi connectivity index (χ1v) is 10.3. The molecule has 0 saturated carbocycles. The van der Waals surface area contributed by atoms with Crippen LogP contribution in [0.3, 0.4) is 0 Å². The van der Waals surface area contributed by atoms with Crippen molar-refractivity contribution >= 4 is 21.6 Å². The van der Waals surface area contributed by atoms with Crippen LogP contribution in [0.1, 0.15) is 25.3 Å². The van der Waals surface area contributed by atoms with Crippen LogP contribution in [0.2, 0.25) is 0 Å². The van der Waals surface area contributed by atoms with Crippen molar-refractivity contribution < 1.29 is 17.9 Å². The Morgan fingerprint density at radius 1 is 1.28 bits per heavy atom. The number of fused-ring (bicyclic) bond motifs is 2. The lowest BCUT2D eigenvalue weighted by Gasteiger charge is -2.39. The second-order valence-corrected chi connectivity index (χ2v) is 9.00. The molecule has 1 fully saturated rings. The number of nitrogens with one attached hydrogen (secondary N) is 1. The number of hydrogen-bond acceptors (Lipinski definition) is 5. The van der Waals surface area contributed by atoms with Crippen molar-refractivity contribution in [1.82, 2.24) is 9.21 Å². The number of nitrogens with zero attached hydrogens (tertiary/aromatic N) is 2. The Balaban J connectivity index is 1.85. The third-order valence-corrected chi connectivity index (χ3v) is 6.03. The first-order chi connectivity index (χ1) is 11.7. The van der Waals surface area contributed by atoms with Gasteiger partial charge in [0.1, 0.15) is 12.4 Å². The van der Waals surface area contributed by atoms with E-state index in [0.29, 0.717) is 43.6 Å². The van der Waals surface area contributed by atoms with Gasteiger partial charge >= 0.3 is 0 Å². The normalized spacial score (nSPS) is 22.9. The van der Waals surface area contributed by atoms with Crippen molar-refractivity contribution in [2.45, 2.75) is 25.8 Å². The van der Waals surface area contributed by atoms with Gasteiger partial charge in [0.05, 0.1) is 24.5 Å². The summed E-state index contributed by atoms with van der Waals surface area (Å²) < 4.78 is 31.1. The minimum absolute atomic E-state index is 0.106. The number of carbonyl (C=O) groups excluding carboxylic acids is 1. The van der Waals surface area contributed by atoms with Gasteiger partial charge in [-0.1, -0.05) is 19.9 Å². The maximum absolute atomic E-state index is 12.4. The van der Waals surface area contributed by atoms with Crippen LogP contribution in [-0.2, 0) is 14.8 Å². The molecular weight excluding hydrogens is 342 g/mol. The fourth-order valence-corrected chi connectivity index (χ4v) is 4.08. The molecule has 1 aromatic rings. The van der Waals surface area contributed by atoms with Crippen LogP contribution in [0.5, 0.6) is 5.75 Å². The molecule has 1 atom stereocenters. The van der Waals surface area contributed by atoms with E-state index in [2.05, 4.69) is 19.2 Å². The van der Waals surface area contributed by atoms with Gasteiger partial charge in [0.15, 0.2) is 0 Å². The Hall–Kier alpha value is -1.64. The van der Waals surface area contributed by atoms with Crippen LogP contribution in [-0.4, -0.2) is 68.6 Å². The minimum Gasteiger partial charge on any atom is -0.490 e. The van der Waals surface area contributed by atoms with Gasteiger partial charge in [-0.2, -0.15) is 4.31 Å². The molecule has 8 heteroatoms. The van der Waals surface area contributed by atoms with Gasteiger partial charge in [-0.15, -0.1) is 0 Å². The van der Waals surface area contributed by atoms with Gasteiger partial charge in [0.2, 0.25) is 15.9 Å². The molecule has 2 aliphatic heterocycles. The smallest absolute Gasteiger partial charge is 0.238 e. The summed E-state index contributed by atoms with van der Waals surface area (Å²) in [5, 5.41) is 2.93. The topological polar surface area (TPSA) is 79.0 Å². The van der Waals surface area contributed by atoms with Crippen LogP contribution >= 0.6 is 0 Å². The predicted octanol–water partition coefficient (Wildman–Crippen LogP) is 1.09. The highest BCUT2D eigenvalue weighted by Gasteiger charge is 2.33. The van der Waals surface area contributed by atoms with Crippen molar-refractivity contribution in [2.75, 3.05) is 44.4 Å². The number of rotatable bonds is 2. The second kappa shape index (κ2) is 6.93. The Kier molecular flexibility index (Phi) is 5.04. The Bertz CT molecular complexity index is 763. The quantitative estimate of drug-likeness (QED) is 0.846. The maximum atomic E-state index is 12.4. The lowest BCUT2D eigenvalue weighted by Crippen LogP contribution is -2.57. The van der Waals surface area contributed by atoms with E-state index in [1.165, 1.54) is 10.6 Å². The summed E-state index contributed by atoms with van der Waals surface area (Å²) in [5.74, 6) is 0.867. The molecule has 1 N–H and O–H groups in total. The molecule has 2 heterocycles. The van der Waals surface area contributed by atoms with Crippen LogP contribution in [0.4, 0.5) is 5.69 Å². The molecule has 138 valence electrons. The Labute approximate surface area is 149 Å². The molecule has 0 unspecified atom stereocenters. The number of anilines is 1. The first kappa shape index (κ1) is 18.2. The van der Waals surface area contributed by atoms with E-state index in [4.69, 9.17) is 4.74 Å². The van der Waals surface area contributed by atoms with E-state index in [-0.39, 0.29) is 18.5 Å². The molecule has 0 radical (unpaired) electrons. The van der Waals surface area contributed by atoms with E-state index >= 15 is 0 Å². The lowest BCUT2D eigenvalue weighted by atomic mass is 10.0. The average Bonchev–Trinajstić information content (AvgIpc) is 2.59. The van der Waals surface area contributed by atoms with Gasteiger partial charge in [-0.3, -0.25) is 9.69 Å². The van der Waals surface area contributed by atoms with Gasteiger partial charge in [0, 0.05) is 19.6 Å². The third-order valence-electron chi connectivity index (χ3n) is 4.76. The molecule has 0 bridgehead atoms. The van der Waals surface area contributed by atoms with Gasteiger partial charge in [-0.25, -0.2) is 8.42 Å². The highest BCUT2D eigenvalue weighted by Crippen LogP contribution is 2.30. The maximum Gasteiger partial charge on any atom is 0.238 e. The van der Waals surface area contributed by atoms with E-state index in [0.717, 1.165) is 5.56 Å². The highest BCUT2D eigenvalue weighted by molar-refractivity contribution is 7.88. The molecule has 1 saturated heterocycles. The van der Waals surface area contributed by atoms with Gasteiger partial charge in [0.25, 0.3) is 0 Å². The minimum atomic E-state index is -3.25. The Morgan fingerprint density at radius 3 is 2.72 bits per heavy atom. The molecule has 25 heavy (non-hydrogen) atoms. The molecule has 1 aromatic carbocycles. The van der Waals surface area contributed by atoms with Gasteiger partial charge < -0.3 is 10.1 Å². The highest BCUT2D eigenvalue weighted by atomic mass is 32.2. The van der Waals surface area contributed by atoms with Crippen molar-refractivity contribution in [3.63, 3.8) is 0 Å². The monoisotopic (exact) mass is 367 g/mol. The van der Waals surface area contributed by atoms with Crippen LogP contribution < -0.4 is 10.1 Å². The van der Waals surface area contributed by atoms with Crippen LogP contribution in [0, 0.1) is 0 Å². The largest absolute Gasteiger partial charge is 0.490 e. The number of piperazine rings is 1. The zero-order chi connectivity index (χ0) is 18.2. The summed E-state index contributed by atoms with van der Waals surface area (Å²) >= 11 is 0. The molecule has 0 spiro atoms. The fraction of sp³-hybridized carbons (Fsp3) is 0.588. The van der Waals surface area contributed by atoms with Crippen molar-refractivity contribution in [3.05, 3.63) is 23.8 Å². The molecule has 0 aliphatic carbocycles. The number of benzene rings is 1. The summed E-state index contributed by atoms with van der Waals surface area (Å²) in [6.45, 7) is 6.02. The predicted molar refractivity (Wildman–Crippen MR) is 96.4 cm³/mol. The first-order valence-electron chi connectivity index (χ1n) is 8.50. The average molecular weight is 367 g/mol.